The van der Waals surface area contributed by atoms with E-state index in [0.717, 1.165) is 29.0 Å². The molecule has 3 rings (SSSR count). The van der Waals surface area contributed by atoms with Gasteiger partial charge in [-0.2, -0.15) is 5.10 Å². The van der Waals surface area contributed by atoms with Gasteiger partial charge in [0.25, 0.3) is 5.91 Å². The minimum Gasteiger partial charge on any atom is -0.507 e. The quantitative estimate of drug-likeness (QED) is 0.560. The van der Waals surface area contributed by atoms with Crippen LogP contribution in [0.5, 0.6) is 5.75 Å². The molecule has 0 bridgehead atoms. The summed E-state index contributed by atoms with van der Waals surface area (Å²) in [5.74, 6) is -2.10. The Balaban J connectivity index is 1.87. The fourth-order valence-electron chi connectivity index (χ4n) is 2.44. The van der Waals surface area contributed by atoms with E-state index in [1.165, 1.54) is 19.1 Å². The topological polar surface area (TPSA) is 61.7 Å². The Morgan fingerprint density at radius 1 is 1.00 bits per heavy atom. The minimum atomic E-state index is -0.653. The highest BCUT2D eigenvalue weighted by molar-refractivity contribution is 6.03. The highest BCUT2D eigenvalue weighted by Gasteiger charge is 2.13. The Bertz CT molecular complexity index is 1000. The first-order chi connectivity index (χ1) is 12.0. The number of hydrogen-bond acceptors (Lipinski definition) is 3. The molecule has 0 aliphatic rings. The molecule has 3 aromatic carbocycles. The minimum absolute atomic E-state index is 0.0370. The second-order valence-corrected chi connectivity index (χ2v) is 5.48. The van der Waals surface area contributed by atoms with Crippen molar-refractivity contribution in [3.63, 3.8) is 0 Å². The smallest absolute Gasteiger partial charge is 0.275 e. The number of halogens is 2. The van der Waals surface area contributed by atoms with Gasteiger partial charge < -0.3 is 5.11 Å². The normalized spacial score (nSPS) is 11.6. The van der Waals surface area contributed by atoms with Gasteiger partial charge in [-0.25, -0.2) is 14.2 Å². The van der Waals surface area contributed by atoms with E-state index in [1.54, 1.807) is 0 Å². The Labute approximate surface area is 142 Å². The van der Waals surface area contributed by atoms with Crippen molar-refractivity contribution in [1.29, 1.82) is 0 Å². The zero-order valence-corrected chi connectivity index (χ0v) is 13.3. The fourth-order valence-corrected chi connectivity index (χ4v) is 2.44. The van der Waals surface area contributed by atoms with E-state index in [2.05, 4.69) is 10.5 Å². The number of phenolic OH excluding ortho intramolecular Hbond substituents is 1. The molecule has 0 unspecified atom stereocenters. The van der Waals surface area contributed by atoms with Gasteiger partial charge in [-0.3, -0.25) is 4.79 Å². The SMILES string of the molecule is C/C(=N/NC(=O)c1cc2ccccc2cc1O)c1cc(F)ccc1F. The number of aromatic hydroxyl groups is 1. The van der Waals surface area contributed by atoms with E-state index in [1.807, 2.05) is 24.3 Å². The van der Waals surface area contributed by atoms with Crippen molar-refractivity contribution in [2.24, 2.45) is 5.10 Å². The zero-order valence-electron chi connectivity index (χ0n) is 13.3. The number of carbonyl (C=O) groups excluding carboxylic acids is 1. The van der Waals surface area contributed by atoms with Crippen LogP contribution < -0.4 is 5.43 Å². The maximum absolute atomic E-state index is 13.7. The number of hydrogen-bond donors (Lipinski definition) is 2. The first-order valence-electron chi connectivity index (χ1n) is 7.47. The molecule has 0 aromatic heterocycles. The largest absolute Gasteiger partial charge is 0.507 e. The molecule has 3 aromatic rings. The van der Waals surface area contributed by atoms with E-state index in [4.69, 9.17) is 0 Å². The number of rotatable bonds is 3. The lowest BCUT2D eigenvalue weighted by Crippen LogP contribution is -2.19. The molecular formula is C19H14F2N2O2. The molecule has 0 atom stereocenters. The molecule has 0 fully saturated rings. The van der Waals surface area contributed by atoms with Crippen molar-refractivity contribution in [3.8, 4) is 5.75 Å². The Morgan fingerprint density at radius 2 is 1.68 bits per heavy atom. The Morgan fingerprint density at radius 3 is 2.40 bits per heavy atom. The summed E-state index contributed by atoms with van der Waals surface area (Å²) in [5.41, 5.74) is 2.34. The van der Waals surface area contributed by atoms with E-state index in [-0.39, 0.29) is 22.6 Å². The van der Waals surface area contributed by atoms with Crippen LogP contribution >= 0.6 is 0 Å². The van der Waals surface area contributed by atoms with Gasteiger partial charge >= 0.3 is 0 Å². The molecular weight excluding hydrogens is 326 g/mol. The standard InChI is InChI=1S/C19H14F2N2O2/c1-11(15-10-14(20)6-7-17(15)21)22-23-19(25)16-8-12-4-2-3-5-13(12)9-18(16)24/h2-10,24H,1H3,(H,23,25)/b22-11-. The summed E-state index contributed by atoms with van der Waals surface area (Å²) in [4.78, 5) is 12.3. The summed E-state index contributed by atoms with van der Waals surface area (Å²) in [6.45, 7) is 1.44. The number of nitrogens with zero attached hydrogens (tertiary/aromatic N) is 1. The van der Waals surface area contributed by atoms with Gasteiger partial charge in [-0.05, 0) is 48.0 Å². The Kier molecular flexibility index (Phi) is 4.43. The molecule has 6 heteroatoms. The highest BCUT2D eigenvalue weighted by atomic mass is 19.1. The monoisotopic (exact) mass is 340 g/mol. The number of amides is 1. The zero-order chi connectivity index (χ0) is 18.0. The predicted octanol–water partition coefficient (Wildman–Crippen LogP) is 3.98. The van der Waals surface area contributed by atoms with Gasteiger partial charge in [0.2, 0.25) is 0 Å². The average molecular weight is 340 g/mol. The molecule has 0 radical (unpaired) electrons. The first-order valence-corrected chi connectivity index (χ1v) is 7.47. The molecule has 126 valence electrons. The van der Waals surface area contributed by atoms with Crippen molar-refractivity contribution >= 4 is 22.4 Å². The van der Waals surface area contributed by atoms with Crippen LogP contribution in [0.2, 0.25) is 0 Å². The highest BCUT2D eigenvalue weighted by Crippen LogP contribution is 2.24. The van der Waals surface area contributed by atoms with Crippen molar-refractivity contribution in [2.45, 2.75) is 6.92 Å². The molecule has 0 heterocycles. The van der Waals surface area contributed by atoms with E-state index < -0.39 is 17.5 Å². The van der Waals surface area contributed by atoms with Crippen LogP contribution in [0, 0.1) is 11.6 Å². The number of benzene rings is 3. The number of fused-ring (bicyclic) bond motifs is 1. The van der Waals surface area contributed by atoms with Gasteiger partial charge in [0.1, 0.15) is 17.4 Å². The lowest BCUT2D eigenvalue weighted by atomic mass is 10.1. The van der Waals surface area contributed by atoms with Gasteiger partial charge in [-0.1, -0.05) is 24.3 Å². The van der Waals surface area contributed by atoms with Gasteiger partial charge in [0.05, 0.1) is 11.3 Å². The van der Waals surface area contributed by atoms with E-state index in [9.17, 15) is 18.7 Å². The summed E-state index contributed by atoms with van der Waals surface area (Å²) < 4.78 is 26.9. The molecule has 0 spiro atoms. The molecule has 0 saturated carbocycles. The summed E-state index contributed by atoms with van der Waals surface area (Å²) in [6, 6.07) is 13.2. The second-order valence-electron chi connectivity index (χ2n) is 5.48. The number of carbonyl (C=O) groups is 1. The van der Waals surface area contributed by atoms with E-state index in [0.29, 0.717) is 0 Å². The van der Waals surface area contributed by atoms with Crippen LogP contribution in [0.15, 0.2) is 59.7 Å². The third-order valence-electron chi connectivity index (χ3n) is 3.75. The second kappa shape index (κ2) is 6.68. The first kappa shape index (κ1) is 16.6. The number of hydrazone groups is 1. The maximum Gasteiger partial charge on any atom is 0.275 e. The van der Waals surface area contributed by atoms with Crippen LogP contribution in [-0.4, -0.2) is 16.7 Å². The van der Waals surface area contributed by atoms with Crippen LogP contribution in [-0.2, 0) is 0 Å². The van der Waals surface area contributed by atoms with E-state index >= 15 is 0 Å². The third kappa shape index (κ3) is 3.47. The van der Waals surface area contributed by atoms with Crippen LogP contribution in [0.4, 0.5) is 8.78 Å². The van der Waals surface area contributed by atoms with Crippen LogP contribution in [0.3, 0.4) is 0 Å². The third-order valence-corrected chi connectivity index (χ3v) is 3.75. The fraction of sp³-hybridized carbons (Fsp3) is 0.0526. The lowest BCUT2D eigenvalue weighted by Gasteiger charge is -2.07. The number of nitrogens with one attached hydrogen (secondary N) is 1. The van der Waals surface area contributed by atoms with Gasteiger partial charge in [0.15, 0.2) is 0 Å². The molecule has 0 aliphatic carbocycles. The lowest BCUT2D eigenvalue weighted by molar-refractivity contribution is 0.0952. The summed E-state index contributed by atoms with van der Waals surface area (Å²) >= 11 is 0. The molecule has 0 aliphatic heterocycles. The molecule has 2 N–H and O–H groups in total. The van der Waals surface area contributed by atoms with Crippen molar-refractivity contribution in [3.05, 3.63) is 77.4 Å². The predicted molar refractivity (Wildman–Crippen MR) is 91.6 cm³/mol. The summed E-state index contributed by atoms with van der Waals surface area (Å²) in [6.07, 6.45) is 0. The molecule has 4 nitrogen and oxygen atoms in total. The van der Waals surface area contributed by atoms with Crippen molar-refractivity contribution in [2.75, 3.05) is 0 Å². The van der Waals surface area contributed by atoms with Crippen molar-refractivity contribution in [1.82, 2.24) is 5.43 Å². The molecule has 25 heavy (non-hydrogen) atoms. The summed E-state index contributed by atoms with van der Waals surface area (Å²) in [7, 11) is 0. The van der Waals surface area contributed by atoms with Crippen LogP contribution in [0.25, 0.3) is 10.8 Å². The molecule has 1 amide bonds. The molecule has 0 saturated heterocycles. The summed E-state index contributed by atoms with van der Waals surface area (Å²) in [5, 5.41) is 15.4. The van der Waals surface area contributed by atoms with Gasteiger partial charge in [0, 0.05) is 5.56 Å². The van der Waals surface area contributed by atoms with Gasteiger partial charge in [-0.15, -0.1) is 0 Å². The van der Waals surface area contributed by atoms with Crippen LogP contribution in [0.1, 0.15) is 22.8 Å². The van der Waals surface area contributed by atoms with Crippen molar-refractivity contribution < 1.29 is 18.7 Å². The maximum atomic E-state index is 13.7. The number of phenols is 1. The Hall–Kier alpha value is -3.28. The average Bonchev–Trinajstić information content (AvgIpc) is 2.60.